The fraction of sp³-hybridized carbons (Fsp3) is 0.619. The Labute approximate surface area is 186 Å². The summed E-state index contributed by atoms with van der Waals surface area (Å²) in [6, 6.07) is 6.28. The maximum Gasteiger partial charge on any atom is 0.223 e. The van der Waals surface area contributed by atoms with E-state index in [4.69, 9.17) is 4.74 Å². The number of nitrogens with zero attached hydrogens (tertiary/aromatic N) is 1. The van der Waals surface area contributed by atoms with Gasteiger partial charge in [0.05, 0.1) is 7.11 Å². The molecule has 0 bridgehead atoms. The van der Waals surface area contributed by atoms with Crippen molar-refractivity contribution in [3.05, 3.63) is 29.3 Å². The minimum absolute atomic E-state index is 0. The largest absolute Gasteiger partial charge is 0.496 e. The van der Waals surface area contributed by atoms with Crippen LogP contribution in [0.15, 0.2) is 23.2 Å². The van der Waals surface area contributed by atoms with Gasteiger partial charge in [0.15, 0.2) is 5.96 Å². The first-order chi connectivity index (χ1) is 13.1. The van der Waals surface area contributed by atoms with E-state index in [0.29, 0.717) is 13.1 Å². The summed E-state index contributed by atoms with van der Waals surface area (Å²) in [6.07, 6.45) is 6.58. The van der Waals surface area contributed by atoms with Crippen molar-refractivity contribution in [3.63, 3.8) is 0 Å². The van der Waals surface area contributed by atoms with E-state index in [1.807, 2.05) is 6.92 Å². The number of carbonyl (C=O) groups is 1. The highest BCUT2D eigenvalue weighted by atomic mass is 127. The lowest BCUT2D eigenvalue weighted by molar-refractivity contribution is -0.125. The van der Waals surface area contributed by atoms with Crippen LogP contribution in [0.3, 0.4) is 0 Å². The number of halogens is 1. The summed E-state index contributed by atoms with van der Waals surface area (Å²) < 4.78 is 5.37. The van der Waals surface area contributed by atoms with Crippen LogP contribution in [-0.2, 0) is 11.2 Å². The van der Waals surface area contributed by atoms with Crippen LogP contribution < -0.4 is 20.7 Å². The van der Waals surface area contributed by atoms with Crippen molar-refractivity contribution in [2.75, 3.05) is 33.8 Å². The van der Waals surface area contributed by atoms with Crippen LogP contribution in [0.5, 0.6) is 5.75 Å². The molecule has 1 aliphatic carbocycles. The number of aliphatic imine (C=N–C) groups is 1. The third-order valence-corrected chi connectivity index (χ3v) is 5.09. The number of rotatable bonds is 8. The molecule has 1 aliphatic rings. The van der Waals surface area contributed by atoms with Crippen LogP contribution in [0.1, 0.15) is 43.2 Å². The Morgan fingerprint density at radius 2 is 1.79 bits per heavy atom. The van der Waals surface area contributed by atoms with E-state index in [1.165, 1.54) is 24.8 Å². The smallest absolute Gasteiger partial charge is 0.223 e. The number of hydrogen-bond acceptors (Lipinski definition) is 3. The Balaban J connectivity index is 0.00000392. The first kappa shape index (κ1) is 24.5. The third kappa shape index (κ3) is 8.24. The van der Waals surface area contributed by atoms with Crippen LogP contribution >= 0.6 is 24.0 Å². The minimum Gasteiger partial charge on any atom is -0.496 e. The molecule has 0 saturated heterocycles. The number of methoxy groups -OCH3 is 1. The fourth-order valence-corrected chi connectivity index (χ4v) is 3.44. The summed E-state index contributed by atoms with van der Waals surface area (Å²) in [5.41, 5.74) is 2.36. The number of aryl methyl sites for hydroxylation is 1. The number of carbonyl (C=O) groups excluding carboxylic acids is 1. The Morgan fingerprint density at radius 3 is 2.46 bits per heavy atom. The van der Waals surface area contributed by atoms with Crippen molar-refractivity contribution in [1.29, 1.82) is 0 Å². The van der Waals surface area contributed by atoms with Crippen molar-refractivity contribution in [3.8, 4) is 5.75 Å². The van der Waals surface area contributed by atoms with Gasteiger partial charge in [-0.2, -0.15) is 0 Å². The first-order valence-electron chi connectivity index (χ1n) is 9.99. The third-order valence-electron chi connectivity index (χ3n) is 5.09. The molecule has 0 spiro atoms. The van der Waals surface area contributed by atoms with Gasteiger partial charge in [-0.1, -0.05) is 31.4 Å². The van der Waals surface area contributed by atoms with Gasteiger partial charge in [-0.15, -0.1) is 24.0 Å². The molecular weight excluding hydrogens is 467 g/mol. The van der Waals surface area contributed by atoms with Gasteiger partial charge in [-0.05, 0) is 43.4 Å². The summed E-state index contributed by atoms with van der Waals surface area (Å²) in [7, 11) is 3.45. The fourth-order valence-electron chi connectivity index (χ4n) is 3.44. The molecule has 1 aromatic carbocycles. The molecule has 0 radical (unpaired) electrons. The molecule has 7 heteroatoms. The van der Waals surface area contributed by atoms with Crippen molar-refractivity contribution < 1.29 is 9.53 Å². The standard InChI is InChI=1S/C21H34N4O2.HI/c1-16-9-10-17(15-19(16)27-3)11-12-24-21(22-2)25-14-13-23-20(26)18-7-5-4-6-8-18;/h9-10,15,18H,4-8,11-14H2,1-3H3,(H,23,26)(H2,22,24,25);1H. The van der Waals surface area contributed by atoms with Gasteiger partial charge in [0.2, 0.25) is 5.91 Å². The topological polar surface area (TPSA) is 74.8 Å². The molecule has 2 rings (SSSR count). The van der Waals surface area contributed by atoms with Gasteiger partial charge in [0.1, 0.15) is 5.75 Å². The predicted octanol–water partition coefficient (Wildman–Crippen LogP) is 3.03. The number of hydrogen-bond donors (Lipinski definition) is 3. The van der Waals surface area contributed by atoms with Gasteiger partial charge < -0.3 is 20.7 Å². The summed E-state index contributed by atoms with van der Waals surface area (Å²) >= 11 is 0. The summed E-state index contributed by atoms with van der Waals surface area (Å²) in [5, 5.41) is 9.59. The zero-order valence-corrected chi connectivity index (χ0v) is 19.7. The molecule has 0 heterocycles. The molecule has 6 nitrogen and oxygen atoms in total. The molecule has 1 fully saturated rings. The van der Waals surface area contributed by atoms with Gasteiger partial charge in [-0.3, -0.25) is 9.79 Å². The van der Waals surface area contributed by atoms with E-state index in [0.717, 1.165) is 43.1 Å². The molecule has 28 heavy (non-hydrogen) atoms. The SMILES string of the molecule is CN=C(NCCNC(=O)C1CCCCC1)NCCc1ccc(C)c(OC)c1.I. The molecule has 0 aliphatic heterocycles. The monoisotopic (exact) mass is 502 g/mol. The highest BCUT2D eigenvalue weighted by Gasteiger charge is 2.20. The number of ether oxygens (including phenoxy) is 1. The van der Waals surface area contributed by atoms with E-state index in [9.17, 15) is 4.79 Å². The lowest BCUT2D eigenvalue weighted by atomic mass is 9.89. The van der Waals surface area contributed by atoms with Crippen LogP contribution in [-0.4, -0.2) is 45.7 Å². The lowest BCUT2D eigenvalue weighted by Crippen LogP contribution is -2.43. The van der Waals surface area contributed by atoms with Crippen LogP contribution in [0.4, 0.5) is 0 Å². The molecule has 1 aromatic rings. The molecule has 1 saturated carbocycles. The summed E-state index contributed by atoms with van der Waals surface area (Å²) in [6.45, 7) is 4.10. The van der Waals surface area contributed by atoms with E-state index >= 15 is 0 Å². The Kier molecular flexibility index (Phi) is 11.9. The normalized spacial score (nSPS) is 14.8. The van der Waals surface area contributed by atoms with Crippen LogP contribution in [0.2, 0.25) is 0 Å². The molecule has 0 aromatic heterocycles. The molecular formula is C21H35IN4O2. The zero-order valence-electron chi connectivity index (χ0n) is 17.3. The Hall–Kier alpha value is -1.51. The quantitative estimate of drug-likeness (QED) is 0.221. The molecule has 0 atom stereocenters. The Bertz CT molecular complexity index is 631. The van der Waals surface area contributed by atoms with E-state index < -0.39 is 0 Å². The maximum atomic E-state index is 12.1. The lowest BCUT2D eigenvalue weighted by Gasteiger charge is -2.21. The van der Waals surface area contributed by atoms with Crippen LogP contribution in [0.25, 0.3) is 0 Å². The second-order valence-electron chi connectivity index (χ2n) is 7.11. The molecule has 1 amide bonds. The number of guanidine groups is 1. The van der Waals surface area contributed by atoms with E-state index in [-0.39, 0.29) is 35.8 Å². The number of benzene rings is 1. The first-order valence-corrected chi connectivity index (χ1v) is 9.99. The van der Waals surface area contributed by atoms with Crippen molar-refractivity contribution >= 4 is 35.8 Å². The maximum absolute atomic E-state index is 12.1. The van der Waals surface area contributed by atoms with Crippen molar-refractivity contribution in [1.82, 2.24) is 16.0 Å². The highest BCUT2D eigenvalue weighted by Crippen LogP contribution is 2.23. The second-order valence-corrected chi connectivity index (χ2v) is 7.11. The molecule has 3 N–H and O–H groups in total. The van der Waals surface area contributed by atoms with Crippen molar-refractivity contribution in [2.24, 2.45) is 10.9 Å². The van der Waals surface area contributed by atoms with E-state index in [1.54, 1.807) is 14.2 Å². The highest BCUT2D eigenvalue weighted by molar-refractivity contribution is 14.0. The molecule has 0 unspecified atom stereocenters. The van der Waals surface area contributed by atoms with Gasteiger partial charge >= 0.3 is 0 Å². The minimum atomic E-state index is 0. The zero-order chi connectivity index (χ0) is 19.5. The average molecular weight is 502 g/mol. The second kappa shape index (κ2) is 13.6. The number of nitrogens with one attached hydrogen (secondary N) is 3. The van der Waals surface area contributed by atoms with Crippen LogP contribution in [0, 0.1) is 12.8 Å². The van der Waals surface area contributed by atoms with Gasteiger partial charge in [0, 0.05) is 32.6 Å². The average Bonchev–Trinajstić information content (AvgIpc) is 2.71. The van der Waals surface area contributed by atoms with E-state index in [2.05, 4.69) is 39.1 Å². The number of amides is 1. The van der Waals surface area contributed by atoms with Crippen molar-refractivity contribution in [2.45, 2.75) is 45.4 Å². The molecule has 158 valence electrons. The Morgan fingerprint density at radius 1 is 1.11 bits per heavy atom. The summed E-state index contributed by atoms with van der Waals surface area (Å²) in [4.78, 5) is 16.4. The van der Waals surface area contributed by atoms with Gasteiger partial charge in [-0.25, -0.2) is 0 Å². The summed E-state index contributed by atoms with van der Waals surface area (Å²) in [5.74, 6) is 2.08. The van der Waals surface area contributed by atoms with Gasteiger partial charge in [0.25, 0.3) is 0 Å². The predicted molar refractivity (Wildman–Crippen MR) is 126 cm³/mol.